The summed E-state index contributed by atoms with van der Waals surface area (Å²) in [5.41, 5.74) is 1.64. The van der Waals surface area contributed by atoms with Crippen molar-refractivity contribution in [1.82, 2.24) is 9.62 Å². The minimum absolute atomic E-state index is 0.147. The number of aryl methyl sites for hydroxylation is 1. The third-order valence-electron chi connectivity index (χ3n) is 4.60. The molecular weight excluding hydrogens is 372 g/mol. The topological polar surface area (TPSA) is 58.6 Å². The maximum atomic E-state index is 12.8. The van der Waals surface area contributed by atoms with Gasteiger partial charge >= 0.3 is 0 Å². The predicted molar refractivity (Wildman–Crippen MR) is 103 cm³/mol. The van der Waals surface area contributed by atoms with E-state index < -0.39 is 10.0 Å². The van der Waals surface area contributed by atoms with Crippen LogP contribution in [0.4, 0.5) is 0 Å². The van der Waals surface area contributed by atoms with Gasteiger partial charge in [0, 0.05) is 30.7 Å². The van der Waals surface area contributed by atoms with E-state index in [0.717, 1.165) is 24.2 Å². The molecule has 5 nitrogen and oxygen atoms in total. The van der Waals surface area contributed by atoms with Crippen molar-refractivity contribution in [1.29, 1.82) is 0 Å². The molecule has 0 amide bonds. The average molecular weight is 395 g/mol. The largest absolute Gasteiger partial charge is 0.379 e. The van der Waals surface area contributed by atoms with Crippen molar-refractivity contribution in [3.05, 3.63) is 64.7 Å². The van der Waals surface area contributed by atoms with E-state index in [-0.39, 0.29) is 12.6 Å². The van der Waals surface area contributed by atoms with Crippen molar-refractivity contribution in [3.8, 4) is 0 Å². The molecule has 26 heavy (non-hydrogen) atoms. The Morgan fingerprint density at radius 1 is 1.12 bits per heavy atom. The van der Waals surface area contributed by atoms with Gasteiger partial charge in [-0.1, -0.05) is 48.0 Å². The monoisotopic (exact) mass is 394 g/mol. The molecule has 0 aromatic heterocycles. The van der Waals surface area contributed by atoms with Gasteiger partial charge in [0.15, 0.2) is 0 Å². The van der Waals surface area contributed by atoms with Crippen molar-refractivity contribution in [2.75, 3.05) is 32.8 Å². The molecular formula is C19H23ClN2O3S. The zero-order chi connectivity index (χ0) is 18.6. The summed E-state index contributed by atoms with van der Waals surface area (Å²) in [6, 6.07) is 14.4. The molecule has 1 fully saturated rings. The second-order valence-corrected chi connectivity index (χ2v) is 8.45. The highest BCUT2D eigenvalue weighted by Crippen LogP contribution is 2.28. The number of rotatable bonds is 6. The van der Waals surface area contributed by atoms with Crippen LogP contribution in [0.1, 0.15) is 17.2 Å². The van der Waals surface area contributed by atoms with E-state index in [2.05, 4.69) is 9.62 Å². The van der Waals surface area contributed by atoms with Gasteiger partial charge in [0.2, 0.25) is 10.0 Å². The summed E-state index contributed by atoms with van der Waals surface area (Å²) < 4.78 is 33.7. The fourth-order valence-electron chi connectivity index (χ4n) is 3.19. The number of nitrogens with zero attached hydrogens (tertiary/aromatic N) is 1. The normalized spacial score (nSPS) is 17.2. The van der Waals surface area contributed by atoms with Gasteiger partial charge in [0.1, 0.15) is 0 Å². The highest BCUT2D eigenvalue weighted by Gasteiger charge is 2.26. The van der Waals surface area contributed by atoms with Gasteiger partial charge in [-0.05, 0) is 30.2 Å². The van der Waals surface area contributed by atoms with Crippen LogP contribution in [-0.2, 0) is 14.8 Å². The number of halogens is 1. The lowest BCUT2D eigenvalue weighted by Crippen LogP contribution is -2.44. The molecule has 1 aliphatic rings. The Morgan fingerprint density at radius 2 is 1.77 bits per heavy atom. The van der Waals surface area contributed by atoms with Crippen LogP contribution in [0.5, 0.6) is 0 Å². The van der Waals surface area contributed by atoms with E-state index in [9.17, 15) is 8.42 Å². The quantitative estimate of drug-likeness (QED) is 0.818. The second-order valence-electron chi connectivity index (χ2n) is 6.30. The average Bonchev–Trinajstić information content (AvgIpc) is 2.64. The van der Waals surface area contributed by atoms with Gasteiger partial charge < -0.3 is 4.74 Å². The first-order valence-corrected chi connectivity index (χ1v) is 10.5. The molecule has 1 N–H and O–H groups in total. The zero-order valence-electron chi connectivity index (χ0n) is 14.7. The summed E-state index contributed by atoms with van der Waals surface area (Å²) in [5, 5.41) is 0.638. The Bertz CT molecular complexity index is 851. The summed E-state index contributed by atoms with van der Waals surface area (Å²) in [7, 11) is -3.60. The fourth-order valence-corrected chi connectivity index (χ4v) is 4.74. The van der Waals surface area contributed by atoms with Gasteiger partial charge in [-0.2, -0.15) is 0 Å². The molecule has 2 aromatic carbocycles. The molecule has 2 aromatic rings. The SMILES string of the molecule is Cc1ccccc1S(=O)(=O)NCC(c1ccccc1Cl)N1CCOCC1. The molecule has 1 unspecified atom stereocenters. The van der Waals surface area contributed by atoms with Crippen LogP contribution in [0.15, 0.2) is 53.4 Å². The molecule has 1 atom stereocenters. The molecule has 3 rings (SSSR count). The minimum atomic E-state index is -3.60. The maximum absolute atomic E-state index is 12.8. The van der Waals surface area contributed by atoms with Gasteiger partial charge in [0.25, 0.3) is 0 Å². The van der Waals surface area contributed by atoms with Gasteiger partial charge in [-0.3, -0.25) is 4.90 Å². The number of morpholine rings is 1. The minimum Gasteiger partial charge on any atom is -0.379 e. The smallest absolute Gasteiger partial charge is 0.240 e. The first-order chi connectivity index (χ1) is 12.5. The number of hydrogen-bond donors (Lipinski definition) is 1. The van der Waals surface area contributed by atoms with Crippen molar-refractivity contribution >= 4 is 21.6 Å². The third kappa shape index (κ3) is 4.45. The van der Waals surface area contributed by atoms with Crippen LogP contribution in [0.3, 0.4) is 0 Å². The van der Waals surface area contributed by atoms with E-state index >= 15 is 0 Å². The lowest BCUT2D eigenvalue weighted by molar-refractivity contribution is 0.0172. The molecule has 1 aliphatic heterocycles. The van der Waals surface area contributed by atoms with E-state index in [4.69, 9.17) is 16.3 Å². The molecule has 0 spiro atoms. The summed E-state index contributed by atoms with van der Waals surface area (Å²) in [4.78, 5) is 2.52. The molecule has 7 heteroatoms. The van der Waals surface area contributed by atoms with Crippen LogP contribution in [0.2, 0.25) is 5.02 Å². The molecule has 0 saturated carbocycles. The van der Waals surface area contributed by atoms with E-state index in [1.54, 1.807) is 25.1 Å². The number of hydrogen-bond acceptors (Lipinski definition) is 4. The summed E-state index contributed by atoms with van der Waals surface area (Å²) in [6.45, 7) is 4.78. The number of benzene rings is 2. The molecule has 1 heterocycles. The van der Waals surface area contributed by atoms with Crippen molar-refractivity contribution in [3.63, 3.8) is 0 Å². The van der Waals surface area contributed by atoms with Crippen LogP contribution in [-0.4, -0.2) is 46.2 Å². The standard InChI is InChI=1S/C19H23ClN2O3S/c1-15-6-2-5-9-19(15)26(23,24)21-14-18(22-10-12-25-13-11-22)16-7-3-4-8-17(16)20/h2-9,18,21H,10-14H2,1H3. The Hall–Kier alpha value is -1.44. The van der Waals surface area contributed by atoms with Gasteiger partial charge in [-0.15, -0.1) is 0 Å². The summed E-state index contributed by atoms with van der Waals surface area (Å²) in [5.74, 6) is 0. The highest BCUT2D eigenvalue weighted by atomic mass is 35.5. The van der Waals surface area contributed by atoms with Crippen molar-refractivity contribution in [2.45, 2.75) is 17.9 Å². The molecule has 0 radical (unpaired) electrons. The lowest BCUT2D eigenvalue weighted by atomic mass is 10.0. The molecule has 140 valence electrons. The van der Waals surface area contributed by atoms with Gasteiger partial charge in [0.05, 0.1) is 18.1 Å². The Morgan fingerprint density at radius 3 is 2.46 bits per heavy atom. The number of nitrogens with one attached hydrogen (secondary N) is 1. The highest BCUT2D eigenvalue weighted by molar-refractivity contribution is 7.89. The van der Waals surface area contributed by atoms with Crippen LogP contribution < -0.4 is 4.72 Å². The Labute approximate surface area is 160 Å². The second kappa shape index (κ2) is 8.50. The maximum Gasteiger partial charge on any atom is 0.240 e. The van der Waals surface area contributed by atoms with Crippen LogP contribution >= 0.6 is 11.6 Å². The number of ether oxygens (including phenoxy) is 1. The van der Waals surface area contributed by atoms with Crippen LogP contribution in [0.25, 0.3) is 0 Å². The first kappa shape index (κ1) is 19.3. The van der Waals surface area contributed by atoms with Crippen LogP contribution in [0, 0.1) is 6.92 Å². The zero-order valence-corrected chi connectivity index (χ0v) is 16.3. The van der Waals surface area contributed by atoms with E-state index in [0.29, 0.717) is 23.1 Å². The molecule has 0 aliphatic carbocycles. The van der Waals surface area contributed by atoms with Crippen molar-refractivity contribution in [2.24, 2.45) is 0 Å². The lowest BCUT2D eigenvalue weighted by Gasteiger charge is -2.35. The van der Waals surface area contributed by atoms with Crippen molar-refractivity contribution < 1.29 is 13.2 Å². The molecule has 0 bridgehead atoms. The Balaban J connectivity index is 1.84. The van der Waals surface area contributed by atoms with Gasteiger partial charge in [-0.25, -0.2) is 13.1 Å². The van der Waals surface area contributed by atoms with E-state index in [1.165, 1.54) is 0 Å². The molecule has 1 saturated heterocycles. The van der Waals surface area contributed by atoms with E-state index in [1.807, 2.05) is 30.3 Å². The summed E-state index contributed by atoms with van der Waals surface area (Å²) >= 11 is 6.40. The predicted octanol–water partition coefficient (Wildman–Crippen LogP) is 3.00. The summed E-state index contributed by atoms with van der Waals surface area (Å²) in [6.07, 6.45) is 0. The first-order valence-electron chi connectivity index (χ1n) is 8.60. The number of sulfonamides is 1. The third-order valence-corrected chi connectivity index (χ3v) is 6.53. The Kier molecular flexibility index (Phi) is 6.32. The fraction of sp³-hybridized carbons (Fsp3) is 0.368.